The lowest BCUT2D eigenvalue weighted by Crippen LogP contribution is -2.41. The first-order valence-electron chi connectivity index (χ1n) is 7.21. The standard InChI is InChI=1S/C16H25N3/c1-16(2,3)18-15(19-12-8-5-9-13-19)17-14-10-6-4-7-11-14/h4,6-7,10-11H,5,8-9,12-13H2,1-3H3,(H,17,18). The van der Waals surface area contributed by atoms with Gasteiger partial charge in [0.25, 0.3) is 0 Å². The van der Waals surface area contributed by atoms with E-state index in [2.05, 4.69) is 43.1 Å². The Kier molecular flexibility index (Phi) is 4.46. The van der Waals surface area contributed by atoms with E-state index < -0.39 is 0 Å². The molecule has 0 saturated carbocycles. The van der Waals surface area contributed by atoms with E-state index in [4.69, 9.17) is 4.99 Å². The molecular formula is C16H25N3. The van der Waals surface area contributed by atoms with Gasteiger partial charge < -0.3 is 10.2 Å². The van der Waals surface area contributed by atoms with Gasteiger partial charge in [0.05, 0.1) is 5.54 Å². The van der Waals surface area contributed by atoms with Crippen LogP contribution in [0.2, 0.25) is 0 Å². The van der Waals surface area contributed by atoms with Gasteiger partial charge >= 0.3 is 0 Å². The number of guanidine groups is 1. The average molecular weight is 259 g/mol. The highest BCUT2D eigenvalue weighted by atomic mass is 15.3. The number of aliphatic imine (C=N–C) groups is 1. The molecule has 0 bridgehead atoms. The number of piperidine rings is 1. The van der Waals surface area contributed by atoms with Crippen molar-refractivity contribution < 1.29 is 0 Å². The Morgan fingerprint density at radius 3 is 2.26 bits per heavy atom. The monoisotopic (exact) mass is 259 g/mol. The number of para-hydroxylation sites is 1. The van der Waals surface area contributed by atoms with Crippen LogP contribution in [0.5, 0.6) is 0 Å². The van der Waals surface area contributed by atoms with Crippen LogP contribution in [0.15, 0.2) is 35.3 Å². The van der Waals surface area contributed by atoms with Crippen molar-refractivity contribution in [1.82, 2.24) is 4.90 Å². The zero-order chi connectivity index (χ0) is 13.7. The van der Waals surface area contributed by atoms with Crippen LogP contribution in [0.1, 0.15) is 40.0 Å². The first-order valence-corrected chi connectivity index (χ1v) is 7.21. The lowest BCUT2D eigenvalue weighted by Gasteiger charge is -2.32. The van der Waals surface area contributed by atoms with Crippen molar-refractivity contribution in [3.05, 3.63) is 30.3 Å². The summed E-state index contributed by atoms with van der Waals surface area (Å²) in [5.41, 5.74) is 1.05. The van der Waals surface area contributed by atoms with Crippen LogP contribution >= 0.6 is 0 Å². The van der Waals surface area contributed by atoms with Gasteiger partial charge in [-0.2, -0.15) is 0 Å². The van der Waals surface area contributed by atoms with Crippen LogP contribution in [-0.4, -0.2) is 29.5 Å². The van der Waals surface area contributed by atoms with Crippen molar-refractivity contribution >= 4 is 11.6 Å². The summed E-state index contributed by atoms with van der Waals surface area (Å²) in [7, 11) is 0. The van der Waals surface area contributed by atoms with Gasteiger partial charge in [0.15, 0.2) is 5.96 Å². The van der Waals surface area contributed by atoms with Gasteiger partial charge in [-0.1, -0.05) is 18.2 Å². The quantitative estimate of drug-likeness (QED) is 0.614. The first kappa shape index (κ1) is 13.9. The predicted octanol–water partition coefficient (Wildman–Crippen LogP) is 3.74. The van der Waals surface area contributed by atoms with Crippen molar-refractivity contribution in [2.45, 2.75) is 45.6 Å². The maximum atomic E-state index is 4.86. The minimum Gasteiger partial charge on any atom is -0.343 e. The molecule has 0 radical (unpaired) electrons. The normalized spacial score (nSPS) is 17.4. The Balaban J connectivity index is 2.17. The van der Waals surface area contributed by atoms with Gasteiger partial charge in [-0.05, 0) is 52.2 Å². The Hall–Kier alpha value is -1.51. The van der Waals surface area contributed by atoms with E-state index in [1.165, 1.54) is 19.3 Å². The summed E-state index contributed by atoms with van der Waals surface area (Å²) >= 11 is 0. The molecule has 1 saturated heterocycles. The molecule has 0 spiro atoms. The summed E-state index contributed by atoms with van der Waals surface area (Å²) in [6.45, 7) is 8.64. The van der Waals surface area contributed by atoms with E-state index in [9.17, 15) is 0 Å². The van der Waals surface area contributed by atoms with Crippen molar-refractivity contribution in [2.24, 2.45) is 4.99 Å². The van der Waals surface area contributed by atoms with E-state index in [1.807, 2.05) is 18.2 Å². The third-order valence-corrected chi connectivity index (χ3v) is 3.13. The second kappa shape index (κ2) is 6.09. The Morgan fingerprint density at radius 1 is 1.05 bits per heavy atom. The summed E-state index contributed by atoms with van der Waals surface area (Å²) in [5, 5.41) is 3.48. The number of likely N-dealkylation sites (tertiary alicyclic amines) is 1. The third-order valence-electron chi connectivity index (χ3n) is 3.13. The highest BCUT2D eigenvalue weighted by Gasteiger charge is 2.18. The molecule has 1 aromatic rings. The van der Waals surface area contributed by atoms with Crippen molar-refractivity contribution in [1.29, 1.82) is 0 Å². The van der Waals surface area contributed by atoms with Gasteiger partial charge in [-0.25, -0.2) is 4.99 Å². The van der Waals surface area contributed by atoms with Crippen LogP contribution in [0.25, 0.3) is 0 Å². The van der Waals surface area contributed by atoms with Crippen LogP contribution < -0.4 is 5.32 Å². The number of rotatable bonds is 1. The lowest BCUT2D eigenvalue weighted by molar-refractivity contribution is 0.337. The Labute approximate surface area is 116 Å². The molecule has 104 valence electrons. The first-order chi connectivity index (χ1) is 9.04. The topological polar surface area (TPSA) is 27.6 Å². The molecule has 1 N–H and O–H groups in total. The summed E-state index contributed by atoms with van der Waals surface area (Å²) in [5.74, 6) is 1.01. The van der Waals surface area contributed by atoms with Crippen molar-refractivity contribution in [2.75, 3.05) is 18.4 Å². The zero-order valence-electron chi connectivity index (χ0n) is 12.3. The summed E-state index contributed by atoms with van der Waals surface area (Å²) in [6.07, 6.45) is 3.86. The lowest BCUT2D eigenvalue weighted by atomic mass is 10.1. The van der Waals surface area contributed by atoms with Gasteiger partial charge in [0.1, 0.15) is 0 Å². The van der Waals surface area contributed by atoms with E-state index in [0.717, 1.165) is 24.7 Å². The maximum absolute atomic E-state index is 4.86. The van der Waals surface area contributed by atoms with Crippen LogP contribution in [0.4, 0.5) is 5.69 Å². The molecule has 0 amide bonds. The smallest absolute Gasteiger partial charge is 0.198 e. The molecule has 0 unspecified atom stereocenters. The Bertz CT molecular complexity index is 411. The number of hydrogen-bond donors (Lipinski definition) is 1. The number of nitrogens with zero attached hydrogens (tertiary/aromatic N) is 2. The third kappa shape index (κ3) is 4.58. The zero-order valence-corrected chi connectivity index (χ0v) is 12.3. The molecule has 19 heavy (non-hydrogen) atoms. The van der Waals surface area contributed by atoms with Gasteiger partial charge in [-0.15, -0.1) is 0 Å². The fourth-order valence-electron chi connectivity index (χ4n) is 2.25. The summed E-state index contributed by atoms with van der Waals surface area (Å²) in [4.78, 5) is 7.24. The average Bonchev–Trinajstić information content (AvgIpc) is 2.39. The van der Waals surface area contributed by atoms with Crippen molar-refractivity contribution in [3.63, 3.8) is 0 Å². The second-order valence-electron chi connectivity index (χ2n) is 6.14. The van der Waals surface area contributed by atoms with E-state index >= 15 is 0 Å². The number of anilines is 1. The molecule has 0 atom stereocenters. The Morgan fingerprint density at radius 2 is 1.68 bits per heavy atom. The molecule has 0 aliphatic carbocycles. The van der Waals surface area contributed by atoms with Crippen LogP contribution in [-0.2, 0) is 0 Å². The number of benzene rings is 1. The fraction of sp³-hybridized carbons (Fsp3) is 0.562. The predicted molar refractivity (Wildman–Crippen MR) is 82.7 cm³/mol. The minimum atomic E-state index is -0.0610. The molecule has 1 aliphatic rings. The molecule has 1 aliphatic heterocycles. The molecule has 1 heterocycles. The van der Waals surface area contributed by atoms with E-state index in [1.54, 1.807) is 0 Å². The number of hydrogen-bond acceptors (Lipinski definition) is 1. The van der Waals surface area contributed by atoms with Gasteiger partial charge in [0.2, 0.25) is 0 Å². The molecule has 3 nitrogen and oxygen atoms in total. The van der Waals surface area contributed by atoms with Crippen LogP contribution in [0, 0.1) is 0 Å². The van der Waals surface area contributed by atoms with Gasteiger partial charge in [0, 0.05) is 18.8 Å². The van der Waals surface area contributed by atoms with Gasteiger partial charge in [-0.3, -0.25) is 0 Å². The fourth-order valence-corrected chi connectivity index (χ4v) is 2.25. The number of nitrogens with one attached hydrogen (secondary N) is 1. The molecule has 3 heteroatoms. The highest BCUT2D eigenvalue weighted by molar-refractivity contribution is 5.94. The molecule has 1 fully saturated rings. The summed E-state index contributed by atoms with van der Waals surface area (Å²) in [6, 6.07) is 10.3. The van der Waals surface area contributed by atoms with E-state index in [-0.39, 0.29) is 5.54 Å². The highest BCUT2D eigenvalue weighted by Crippen LogP contribution is 2.15. The van der Waals surface area contributed by atoms with Crippen LogP contribution in [0.3, 0.4) is 0 Å². The van der Waals surface area contributed by atoms with Crippen molar-refractivity contribution in [3.8, 4) is 0 Å². The molecule has 1 aromatic carbocycles. The van der Waals surface area contributed by atoms with E-state index in [0.29, 0.717) is 0 Å². The summed E-state index contributed by atoms with van der Waals surface area (Å²) < 4.78 is 0. The molecule has 2 rings (SSSR count). The largest absolute Gasteiger partial charge is 0.343 e. The molecular weight excluding hydrogens is 234 g/mol. The minimum absolute atomic E-state index is 0.0610. The maximum Gasteiger partial charge on any atom is 0.198 e. The SMILES string of the molecule is CC(C)(C)N=C(Nc1ccccc1)N1CCCCC1. The second-order valence-corrected chi connectivity index (χ2v) is 6.14. The molecule has 0 aromatic heterocycles.